The molecule has 1 rings (SSSR count). The van der Waals surface area contributed by atoms with Crippen LogP contribution in [0.4, 0.5) is 0 Å². The normalized spacial score (nSPS) is 29.9. The number of hydrogen-bond donors (Lipinski definition) is 1. The second kappa shape index (κ2) is 7.10. The Morgan fingerprint density at radius 3 is 2.61 bits per heavy atom. The van der Waals surface area contributed by atoms with Gasteiger partial charge in [-0.2, -0.15) is 0 Å². The summed E-state index contributed by atoms with van der Waals surface area (Å²) in [4.78, 5) is 11.1. The molecule has 4 heteroatoms. The molecule has 0 radical (unpaired) electrons. The molecule has 106 valence electrons. The third-order valence-corrected chi connectivity index (χ3v) is 4.01. The molecule has 0 spiro atoms. The molecule has 1 aliphatic carbocycles. The van der Waals surface area contributed by atoms with Crippen LogP contribution in [-0.2, 0) is 14.3 Å². The quantitative estimate of drug-likeness (QED) is 0.742. The number of carbonyl (C=O) groups is 1. The molecule has 0 aliphatic heterocycles. The molecule has 0 amide bonds. The highest BCUT2D eigenvalue weighted by atomic mass is 16.6. The van der Waals surface area contributed by atoms with E-state index in [2.05, 4.69) is 6.92 Å². The van der Waals surface area contributed by atoms with Crippen molar-refractivity contribution in [3.05, 3.63) is 0 Å². The van der Waals surface area contributed by atoms with Crippen LogP contribution in [0.5, 0.6) is 0 Å². The van der Waals surface area contributed by atoms with E-state index in [0.29, 0.717) is 18.4 Å². The van der Waals surface area contributed by atoms with Crippen LogP contribution >= 0.6 is 0 Å². The topological polar surface area (TPSA) is 55.8 Å². The first-order chi connectivity index (χ1) is 8.44. The molecular weight excluding hydrogens is 232 g/mol. The maximum absolute atomic E-state index is 11.1. The Hall–Kier alpha value is -0.610. The number of methoxy groups -OCH3 is 1. The summed E-state index contributed by atoms with van der Waals surface area (Å²) in [5, 5.41) is 9.90. The molecule has 0 aromatic rings. The fraction of sp³-hybridized carbons (Fsp3) is 0.929. The molecule has 1 fully saturated rings. The first kappa shape index (κ1) is 15.4. The summed E-state index contributed by atoms with van der Waals surface area (Å²) >= 11 is 0. The minimum atomic E-state index is -0.471. The predicted octanol–water partition coefficient (Wildman–Crippen LogP) is 2.14. The molecule has 1 saturated carbocycles. The monoisotopic (exact) mass is 258 g/mol. The molecule has 0 saturated heterocycles. The molecule has 1 aliphatic rings. The Bertz CT molecular complexity index is 253. The van der Waals surface area contributed by atoms with Crippen LogP contribution in [0.1, 0.15) is 46.0 Å². The molecule has 1 N–H and O–H groups in total. The van der Waals surface area contributed by atoms with Gasteiger partial charge in [0.1, 0.15) is 6.61 Å². The van der Waals surface area contributed by atoms with E-state index in [0.717, 1.165) is 32.1 Å². The Morgan fingerprint density at radius 2 is 2.06 bits per heavy atom. The van der Waals surface area contributed by atoms with Gasteiger partial charge in [0.2, 0.25) is 0 Å². The first-order valence-corrected chi connectivity index (χ1v) is 6.81. The van der Waals surface area contributed by atoms with Gasteiger partial charge in [-0.3, -0.25) is 0 Å². The van der Waals surface area contributed by atoms with Gasteiger partial charge >= 0.3 is 5.97 Å². The van der Waals surface area contributed by atoms with E-state index < -0.39 is 5.60 Å². The maximum atomic E-state index is 11.1. The third kappa shape index (κ3) is 5.36. The molecule has 0 bridgehead atoms. The van der Waals surface area contributed by atoms with Gasteiger partial charge in [0.15, 0.2) is 0 Å². The van der Waals surface area contributed by atoms with Gasteiger partial charge in [-0.15, -0.1) is 0 Å². The van der Waals surface area contributed by atoms with E-state index in [1.807, 2.05) is 6.92 Å². The molecule has 1 atom stereocenters. The average molecular weight is 258 g/mol. The van der Waals surface area contributed by atoms with Crippen LogP contribution in [0.2, 0.25) is 0 Å². The van der Waals surface area contributed by atoms with E-state index in [1.165, 1.54) is 7.11 Å². The van der Waals surface area contributed by atoms with Crippen LogP contribution in [0.3, 0.4) is 0 Å². The highest BCUT2D eigenvalue weighted by Gasteiger charge is 2.30. The van der Waals surface area contributed by atoms with Crippen LogP contribution in [0.25, 0.3) is 0 Å². The lowest BCUT2D eigenvalue weighted by molar-refractivity contribution is -0.148. The molecule has 18 heavy (non-hydrogen) atoms. The Morgan fingerprint density at radius 1 is 1.44 bits per heavy atom. The molecule has 1 unspecified atom stereocenters. The van der Waals surface area contributed by atoms with Gasteiger partial charge in [-0.05, 0) is 50.9 Å². The van der Waals surface area contributed by atoms with Crippen molar-refractivity contribution in [2.75, 3.05) is 20.3 Å². The van der Waals surface area contributed by atoms with Crippen LogP contribution < -0.4 is 0 Å². The standard InChI is InChI=1S/C14H26O4/c1-11(6-9-18-13(15)10-17-3)12-4-7-14(2,16)8-5-12/h11-12,16H,4-10H2,1-3H3. The Kier molecular flexibility index (Phi) is 6.09. The zero-order chi connectivity index (χ0) is 13.6. The minimum absolute atomic E-state index is 0.0284. The van der Waals surface area contributed by atoms with Crippen molar-refractivity contribution in [2.24, 2.45) is 11.8 Å². The second-order valence-electron chi connectivity index (χ2n) is 5.75. The molecule has 0 aromatic heterocycles. The predicted molar refractivity (Wildman–Crippen MR) is 69.2 cm³/mol. The van der Waals surface area contributed by atoms with E-state index >= 15 is 0 Å². The van der Waals surface area contributed by atoms with Gasteiger partial charge in [-0.1, -0.05) is 6.92 Å². The number of hydrogen-bond acceptors (Lipinski definition) is 4. The number of carbonyl (C=O) groups excluding carboxylic acids is 1. The third-order valence-electron chi connectivity index (χ3n) is 4.01. The Balaban J connectivity index is 2.17. The van der Waals surface area contributed by atoms with Crippen molar-refractivity contribution in [1.82, 2.24) is 0 Å². The van der Waals surface area contributed by atoms with Gasteiger partial charge in [0.25, 0.3) is 0 Å². The highest BCUT2D eigenvalue weighted by molar-refractivity contribution is 5.70. The fourth-order valence-corrected chi connectivity index (χ4v) is 2.58. The molecular formula is C14H26O4. The highest BCUT2D eigenvalue weighted by Crippen LogP contribution is 2.36. The van der Waals surface area contributed by atoms with Gasteiger partial charge in [0.05, 0.1) is 12.2 Å². The van der Waals surface area contributed by atoms with Crippen LogP contribution in [0, 0.1) is 11.8 Å². The number of esters is 1. The molecule has 4 nitrogen and oxygen atoms in total. The lowest BCUT2D eigenvalue weighted by Crippen LogP contribution is -2.32. The maximum Gasteiger partial charge on any atom is 0.332 e. The summed E-state index contributed by atoms with van der Waals surface area (Å²) in [5.74, 6) is 0.888. The number of aliphatic hydroxyl groups is 1. The average Bonchev–Trinajstić information content (AvgIpc) is 2.29. The van der Waals surface area contributed by atoms with Crippen molar-refractivity contribution in [3.8, 4) is 0 Å². The Labute approximate surface area is 110 Å². The minimum Gasteiger partial charge on any atom is -0.464 e. The zero-order valence-corrected chi connectivity index (χ0v) is 11.8. The lowest BCUT2D eigenvalue weighted by Gasteiger charge is -2.35. The summed E-state index contributed by atoms with van der Waals surface area (Å²) in [6.45, 7) is 4.62. The summed E-state index contributed by atoms with van der Waals surface area (Å²) in [5.41, 5.74) is -0.471. The van der Waals surface area contributed by atoms with E-state index in [9.17, 15) is 9.90 Å². The largest absolute Gasteiger partial charge is 0.464 e. The SMILES string of the molecule is COCC(=O)OCCC(C)C1CCC(C)(O)CC1. The van der Waals surface area contributed by atoms with Crippen molar-refractivity contribution < 1.29 is 19.4 Å². The molecule has 0 aromatic carbocycles. The summed E-state index contributed by atoms with van der Waals surface area (Å²) in [6.07, 6.45) is 4.79. The van der Waals surface area contributed by atoms with Crippen molar-refractivity contribution >= 4 is 5.97 Å². The van der Waals surface area contributed by atoms with E-state index in [1.54, 1.807) is 0 Å². The number of ether oxygens (including phenoxy) is 2. The fourth-order valence-electron chi connectivity index (χ4n) is 2.58. The molecule has 0 heterocycles. The second-order valence-corrected chi connectivity index (χ2v) is 5.75. The lowest BCUT2D eigenvalue weighted by atomic mass is 9.74. The van der Waals surface area contributed by atoms with Crippen LogP contribution in [0.15, 0.2) is 0 Å². The summed E-state index contributed by atoms with van der Waals surface area (Å²) < 4.78 is 9.77. The van der Waals surface area contributed by atoms with E-state index in [-0.39, 0.29) is 12.6 Å². The zero-order valence-electron chi connectivity index (χ0n) is 11.8. The van der Waals surface area contributed by atoms with Gasteiger partial charge in [-0.25, -0.2) is 4.79 Å². The summed E-state index contributed by atoms with van der Waals surface area (Å²) in [7, 11) is 1.48. The van der Waals surface area contributed by atoms with Crippen molar-refractivity contribution in [3.63, 3.8) is 0 Å². The van der Waals surface area contributed by atoms with Crippen LogP contribution in [-0.4, -0.2) is 37.0 Å². The smallest absolute Gasteiger partial charge is 0.332 e. The number of rotatable bonds is 6. The summed E-state index contributed by atoms with van der Waals surface area (Å²) in [6, 6.07) is 0. The van der Waals surface area contributed by atoms with Crippen molar-refractivity contribution in [2.45, 2.75) is 51.6 Å². The van der Waals surface area contributed by atoms with E-state index in [4.69, 9.17) is 9.47 Å². The first-order valence-electron chi connectivity index (χ1n) is 6.81. The van der Waals surface area contributed by atoms with Crippen molar-refractivity contribution in [1.29, 1.82) is 0 Å². The van der Waals surface area contributed by atoms with Gasteiger partial charge in [0, 0.05) is 7.11 Å². The van der Waals surface area contributed by atoms with Gasteiger partial charge < -0.3 is 14.6 Å².